The number of amides is 1. The molecule has 1 aliphatic rings. The molecule has 7 heteroatoms. The van der Waals surface area contributed by atoms with E-state index in [-0.39, 0.29) is 10.8 Å². The molecule has 1 heterocycles. The first-order chi connectivity index (χ1) is 11.3. The van der Waals surface area contributed by atoms with Crippen LogP contribution in [0.5, 0.6) is 0 Å². The highest BCUT2D eigenvalue weighted by Crippen LogP contribution is 2.27. The van der Waals surface area contributed by atoms with Crippen molar-refractivity contribution in [1.29, 1.82) is 0 Å². The standard InChI is InChI=1S/C17H17ClN2O3S/c1-11-5-6-13(10-15(11)18)20-24(22,23)14-7-8-16-12(9-14)3-2-4-17(21)19-16/h5-10,20H,2-4H2,1H3,(H,19,21). The molecule has 0 atom stereocenters. The zero-order valence-corrected chi connectivity index (χ0v) is 14.7. The van der Waals surface area contributed by atoms with Gasteiger partial charge in [-0.25, -0.2) is 8.42 Å². The SMILES string of the molecule is Cc1ccc(NS(=O)(=O)c2ccc3c(c2)CCCC(=O)N3)cc1Cl. The number of sulfonamides is 1. The van der Waals surface area contributed by atoms with Crippen LogP contribution in [0.1, 0.15) is 24.0 Å². The van der Waals surface area contributed by atoms with E-state index in [2.05, 4.69) is 10.0 Å². The summed E-state index contributed by atoms with van der Waals surface area (Å²) in [7, 11) is -3.72. The lowest BCUT2D eigenvalue weighted by molar-refractivity contribution is -0.116. The molecule has 2 aromatic carbocycles. The average Bonchev–Trinajstić information content (AvgIpc) is 2.70. The quantitative estimate of drug-likeness (QED) is 0.871. The van der Waals surface area contributed by atoms with Crippen LogP contribution >= 0.6 is 11.6 Å². The molecule has 1 amide bonds. The van der Waals surface area contributed by atoms with Gasteiger partial charge in [-0.15, -0.1) is 0 Å². The van der Waals surface area contributed by atoms with Gasteiger partial charge in [-0.1, -0.05) is 17.7 Å². The van der Waals surface area contributed by atoms with Crippen LogP contribution in [0.15, 0.2) is 41.3 Å². The van der Waals surface area contributed by atoms with E-state index in [9.17, 15) is 13.2 Å². The number of anilines is 2. The number of hydrogen-bond donors (Lipinski definition) is 2. The highest BCUT2D eigenvalue weighted by molar-refractivity contribution is 7.92. The van der Waals surface area contributed by atoms with Crippen molar-refractivity contribution in [3.63, 3.8) is 0 Å². The van der Waals surface area contributed by atoms with Gasteiger partial charge in [0.1, 0.15) is 0 Å². The number of fused-ring (bicyclic) bond motifs is 1. The molecule has 2 N–H and O–H groups in total. The molecule has 2 aromatic rings. The number of hydrogen-bond acceptors (Lipinski definition) is 3. The Labute approximate surface area is 146 Å². The largest absolute Gasteiger partial charge is 0.326 e. The van der Waals surface area contributed by atoms with Gasteiger partial charge < -0.3 is 5.32 Å². The van der Waals surface area contributed by atoms with Gasteiger partial charge in [0.2, 0.25) is 5.91 Å². The normalized spacial score (nSPS) is 14.5. The lowest BCUT2D eigenvalue weighted by atomic mass is 10.1. The topological polar surface area (TPSA) is 75.3 Å². The summed E-state index contributed by atoms with van der Waals surface area (Å²) < 4.78 is 27.7. The molecule has 0 saturated carbocycles. The predicted octanol–water partition coefficient (Wildman–Crippen LogP) is 3.72. The van der Waals surface area contributed by atoms with Crippen molar-refractivity contribution in [2.45, 2.75) is 31.1 Å². The molecular weight excluding hydrogens is 348 g/mol. The first kappa shape index (κ1) is 16.8. The first-order valence-corrected chi connectivity index (χ1v) is 9.43. The lowest BCUT2D eigenvalue weighted by Gasteiger charge is -2.12. The average molecular weight is 365 g/mol. The van der Waals surface area contributed by atoms with E-state index in [1.54, 1.807) is 30.3 Å². The van der Waals surface area contributed by atoms with Crippen molar-refractivity contribution in [3.05, 3.63) is 52.5 Å². The van der Waals surface area contributed by atoms with Gasteiger partial charge in [0.05, 0.1) is 10.6 Å². The summed E-state index contributed by atoms with van der Waals surface area (Å²) in [6, 6.07) is 9.74. The number of carbonyl (C=O) groups is 1. The molecule has 0 bridgehead atoms. The number of benzene rings is 2. The monoisotopic (exact) mass is 364 g/mol. The van der Waals surface area contributed by atoms with E-state index in [1.165, 1.54) is 6.07 Å². The molecule has 126 valence electrons. The molecule has 0 saturated heterocycles. The lowest BCUT2D eigenvalue weighted by Crippen LogP contribution is -2.14. The fourth-order valence-electron chi connectivity index (χ4n) is 2.59. The van der Waals surface area contributed by atoms with Crippen LogP contribution in [-0.2, 0) is 21.2 Å². The maximum absolute atomic E-state index is 12.6. The van der Waals surface area contributed by atoms with Crippen molar-refractivity contribution in [2.24, 2.45) is 0 Å². The first-order valence-electron chi connectivity index (χ1n) is 7.57. The molecule has 0 fully saturated rings. The van der Waals surface area contributed by atoms with Crippen LogP contribution in [0.3, 0.4) is 0 Å². The number of nitrogens with one attached hydrogen (secondary N) is 2. The van der Waals surface area contributed by atoms with E-state index < -0.39 is 10.0 Å². The van der Waals surface area contributed by atoms with Crippen molar-refractivity contribution in [2.75, 3.05) is 10.0 Å². The van der Waals surface area contributed by atoms with Gasteiger partial charge >= 0.3 is 0 Å². The van der Waals surface area contributed by atoms with Gasteiger partial charge in [-0.2, -0.15) is 0 Å². The van der Waals surface area contributed by atoms with E-state index in [1.807, 2.05) is 6.92 Å². The van der Waals surface area contributed by atoms with Crippen molar-refractivity contribution >= 4 is 38.9 Å². The minimum atomic E-state index is -3.72. The molecule has 0 aliphatic carbocycles. The Morgan fingerprint density at radius 3 is 2.67 bits per heavy atom. The number of halogens is 1. The predicted molar refractivity (Wildman–Crippen MR) is 95.0 cm³/mol. The Bertz CT molecular complexity index is 910. The van der Waals surface area contributed by atoms with Crippen molar-refractivity contribution in [1.82, 2.24) is 0 Å². The second kappa shape index (κ2) is 6.45. The molecule has 24 heavy (non-hydrogen) atoms. The highest BCUT2D eigenvalue weighted by Gasteiger charge is 2.19. The minimum Gasteiger partial charge on any atom is -0.326 e. The van der Waals surface area contributed by atoms with Gasteiger partial charge in [0.15, 0.2) is 0 Å². The van der Waals surface area contributed by atoms with Crippen LogP contribution in [-0.4, -0.2) is 14.3 Å². The Kier molecular flexibility index (Phi) is 4.51. The van der Waals surface area contributed by atoms with Crippen LogP contribution in [0, 0.1) is 6.92 Å². The summed E-state index contributed by atoms with van der Waals surface area (Å²) in [6.07, 6.45) is 1.80. The Morgan fingerprint density at radius 2 is 1.92 bits per heavy atom. The fourth-order valence-corrected chi connectivity index (χ4v) is 3.87. The highest BCUT2D eigenvalue weighted by atomic mass is 35.5. The van der Waals surface area contributed by atoms with E-state index in [0.29, 0.717) is 35.7 Å². The second-order valence-electron chi connectivity index (χ2n) is 5.79. The molecular formula is C17H17ClN2O3S. The van der Waals surface area contributed by atoms with Crippen LogP contribution in [0.25, 0.3) is 0 Å². The summed E-state index contributed by atoms with van der Waals surface area (Å²) in [4.78, 5) is 11.7. The Balaban J connectivity index is 1.91. The van der Waals surface area contributed by atoms with Crippen LogP contribution < -0.4 is 10.0 Å². The van der Waals surface area contributed by atoms with Crippen LogP contribution in [0.4, 0.5) is 11.4 Å². The molecule has 0 unspecified atom stereocenters. The number of carbonyl (C=O) groups excluding carboxylic acids is 1. The van der Waals surface area contributed by atoms with E-state index in [0.717, 1.165) is 11.1 Å². The van der Waals surface area contributed by atoms with Crippen molar-refractivity contribution < 1.29 is 13.2 Å². The second-order valence-corrected chi connectivity index (χ2v) is 7.88. The summed E-state index contributed by atoms with van der Waals surface area (Å²) >= 11 is 6.04. The van der Waals surface area contributed by atoms with Gasteiger partial charge in [0.25, 0.3) is 10.0 Å². The van der Waals surface area contributed by atoms with Gasteiger partial charge in [-0.3, -0.25) is 9.52 Å². The zero-order chi connectivity index (χ0) is 17.3. The summed E-state index contributed by atoms with van der Waals surface area (Å²) in [6.45, 7) is 1.85. The molecule has 3 rings (SSSR count). The third-order valence-electron chi connectivity index (χ3n) is 3.94. The summed E-state index contributed by atoms with van der Waals surface area (Å²) in [5.41, 5.74) is 2.79. The molecule has 0 aromatic heterocycles. The summed E-state index contributed by atoms with van der Waals surface area (Å²) in [5, 5.41) is 3.29. The third-order valence-corrected chi connectivity index (χ3v) is 5.72. The molecule has 0 radical (unpaired) electrons. The molecule has 1 aliphatic heterocycles. The maximum Gasteiger partial charge on any atom is 0.261 e. The van der Waals surface area contributed by atoms with E-state index in [4.69, 9.17) is 11.6 Å². The smallest absolute Gasteiger partial charge is 0.261 e. The van der Waals surface area contributed by atoms with Gasteiger partial charge in [-0.05, 0) is 61.2 Å². The maximum atomic E-state index is 12.6. The number of rotatable bonds is 3. The fraction of sp³-hybridized carbons (Fsp3) is 0.235. The summed E-state index contributed by atoms with van der Waals surface area (Å²) in [5.74, 6) is -0.0446. The van der Waals surface area contributed by atoms with E-state index >= 15 is 0 Å². The van der Waals surface area contributed by atoms with Crippen LogP contribution in [0.2, 0.25) is 5.02 Å². The number of aryl methyl sites for hydroxylation is 2. The Morgan fingerprint density at radius 1 is 1.12 bits per heavy atom. The third kappa shape index (κ3) is 3.55. The van der Waals surface area contributed by atoms with Crippen molar-refractivity contribution in [3.8, 4) is 0 Å². The minimum absolute atomic E-state index is 0.0446. The molecule has 5 nitrogen and oxygen atoms in total. The Hall–Kier alpha value is -2.05. The van der Waals surface area contributed by atoms with Gasteiger partial charge in [0, 0.05) is 17.1 Å². The zero-order valence-electron chi connectivity index (χ0n) is 13.1. The molecule has 0 spiro atoms.